The maximum Gasteiger partial charge on any atom is 0.336 e. The van der Waals surface area contributed by atoms with Crippen molar-refractivity contribution in [2.45, 2.75) is 0 Å². The first-order valence-electron chi connectivity index (χ1n) is 13.2. The molecule has 0 aliphatic rings. The lowest BCUT2D eigenvalue weighted by atomic mass is 10.1. The van der Waals surface area contributed by atoms with Crippen molar-refractivity contribution in [2.75, 3.05) is 10.6 Å². The zero-order valence-corrected chi connectivity index (χ0v) is 22.9. The molecule has 0 heterocycles. The van der Waals surface area contributed by atoms with Gasteiger partial charge in [-0.3, -0.25) is 9.59 Å². The smallest absolute Gasteiger partial charge is 0.336 e. The van der Waals surface area contributed by atoms with Gasteiger partial charge in [-0.25, -0.2) is 9.59 Å². The number of carboxylic acids is 2. The predicted octanol–water partition coefficient (Wildman–Crippen LogP) is 7.17. The molecule has 10 nitrogen and oxygen atoms in total. The number of aromatic carboxylic acids is 2. The quantitative estimate of drug-likeness (QED) is 0.134. The number of amides is 2. The largest absolute Gasteiger partial charge is 0.478 e. The summed E-state index contributed by atoms with van der Waals surface area (Å²) in [5.41, 5.74) is 0.900. The maximum atomic E-state index is 12.6. The molecule has 5 rings (SSSR count). The highest BCUT2D eigenvalue weighted by molar-refractivity contribution is 6.11. The molecule has 218 valence electrons. The lowest BCUT2D eigenvalue weighted by Gasteiger charge is -2.11. The molecule has 0 spiro atoms. The van der Waals surface area contributed by atoms with Crippen LogP contribution in [0.25, 0.3) is 0 Å². The molecular formula is C34H24N2O8. The van der Waals surface area contributed by atoms with Crippen LogP contribution in [0.1, 0.15) is 41.4 Å². The summed E-state index contributed by atoms with van der Waals surface area (Å²) in [7, 11) is 0. The Bertz CT molecular complexity index is 1700. The summed E-state index contributed by atoms with van der Waals surface area (Å²) in [5, 5.41) is 24.0. The second kappa shape index (κ2) is 13.0. The van der Waals surface area contributed by atoms with E-state index >= 15 is 0 Å². The first-order valence-corrected chi connectivity index (χ1v) is 13.2. The van der Waals surface area contributed by atoms with Crippen LogP contribution >= 0.6 is 0 Å². The van der Waals surface area contributed by atoms with Crippen molar-refractivity contribution in [3.8, 4) is 23.0 Å². The molecule has 2 amide bonds. The minimum atomic E-state index is -1.18. The molecule has 0 radical (unpaired) electrons. The highest BCUT2D eigenvalue weighted by Crippen LogP contribution is 2.28. The molecule has 0 bridgehead atoms. The van der Waals surface area contributed by atoms with Gasteiger partial charge in [0.15, 0.2) is 0 Å². The number of nitrogens with one attached hydrogen (secondary N) is 2. The molecule has 10 heteroatoms. The van der Waals surface area contributed by atoms with Crippen LogP contribution in [0.5, 0.6) is 23.0 Å². The lowest BCUT2D eigenvalue weighted by molar-refractivity contribution is 0.0683. The molecule has 5 aromatic rings. The minimum absolute atomic E-state index is 0.0597. The highest BCUT2D eigenvalue weighted by atomic mass is 16.5. The number of hydrogen-bond acceptors (Lipinski definition) is 6. The Kier molecular flexibility index (Phi) is 8.62. The molecule has 0 unspecified atom stereocenters. The monoisotopic (exact) mass is 588 g/mol. The van der Waals surface area contributed by atoms with Crippen LogP contribution in [0.4, 0.5) is 11.4 Å². The van der Waals surface area contributed by atoms with Crippen molar-refractivity contribution in [1.82, 2.24) is 0 Å². The number of carbonyl (C=O) groups excluding carboxylic acids is 2. The van der Waals surface area contributed by atoms with Crippen molar-refractivity contribution in [1.29, 1.82) is 0 Å². The Morgan fingerprint density at radius 2 is 0.682 bits per heavy atom. The normalized spacial score (nSPS) is 10.4. The van der Waals surface area contributed by atoms with Crippen molar-refractivity contribution in [3.05, 3.63) is 144 Å². The Morgan fingerprint density at radius 1 is 0.409 bits per heavy atom. The molecule has 0 atom stereocenters. The van der Waals surface area contributed by atoms with E-state index in [2.05, 4.69) is 10.6 Å². The Morgan fingerprint density at radius 3 is 0.977 bits per heavy atom. The number of anilines is 2. The van der Waals surface area contributed by atoms with E-state index in [0.29, 0.717) is 34.4 Å². The molecular weight excluding hydrogens is 564 g/mol. The Hall–Kier alpha value is -6.42. The van der Waals surface area contributed by atoms with Crippen LogP contribution in [0.3, 0.4) is 0 Å². The van der Waals surface area contributed by atoms with E-state index in [1.807, 2.05) is 0 Å². The van der Waals surface area contributed by atoms with E-state index in [1.54, 1.807) is 97.1 Å². The van der Waals surface area contributed by atoms with Crippen LogP contribution in [-0.2, 0) is 0 Å². The number of carboxylic acid groups (broad SMARTS) is 2. The average Bonchev–Trinajstić information content (AvgIpc) is 3.03. The summed E-state index contributed by atoms with van der Waals surface area (Å²) in [6.45, 7) is 0. The van der Waals surface area contributed by atoms with E-state index in [-0.39, 0.29) is 22.3 Å². The molecule has 0 aliphatic carbocycles. The van der Waals surface area contributed by atoms with Gasteiger partial charge in [-0.05, 0) is 97.1 Å². The molecule has 0 aliphatic heterocycles. The number of hydrogen-bond donors (Lipinski definition) is 4. The van der Waals surface area contributed by atoms with E-state index < -0.39 is 23.8 Å². The van der Waals surface area contributed by atoms with E-state index in [9.17, 15) is 29.4 Å². The zero-order valence-electron chi connectivity index (χ0n) is 22.9. The predicted molar refractivity (Wildman–Crippen MR) is 162 cm³/mol. The number of ether oxygens (including phenoxy) is 2. The van der Waals surface area contributed by atoms with Gasteiger partial charge in [-0.2, -0.15) is 0 Å². The summed E-state index contributed by atoms with van der Waals surface area (Å²) < 4.78 is 11.7. The maximum absolute atomic E-state index is 12.6. The lowest BCUT2D eigenvalue weighted by Crippen LogP contribution is -2.16. The van der Waals surface area contributed by atoms with Gasteiger partial charge in [0, 0.05) is 11.4 Å². The second-order valence-electron chi connectivity index (χ2n) is 9.33. The third-order valence-corrected chi connectivity index (χ3v) is 6.32. The summed E-state index contributed by atoms with van der Waals surface area (Å²) >= 11 is 0. The van der Waals surface area contributed by atoms with Crippen LogP contribution in [0, 0.1) is 0 Å². The third kappa shape index (κ3) is 7.07. The molecule has 0 saturated carbocycles. The number of carbonyl (C=O) groups is 4. The minimum Gasteiger partial charge on any atom is -0.478 e. The van der Waals surface area contributed by atoms with Crippen LogP contribution < -0.4 is 20.1 Å². The van der Waals surface area contributed by atoms with Crippen LogP contribution in [0.2, 0.25) is 0 Å². The fourth-order valence-electron chi connectivity index (χ4n) is 4.19. The van der Waals surface area contributed by atoms with Crippen molar-refractivity contribution in [2.24, 2.45) is 0 Å². The van der Waals surface area contributed by atoms with E-state index in [1.165, 1.54) is 24.3 Å². The molecule has 0 saturated heterocycles. The van der Waals surface area contributed by atoms with E-state index in [4.69, 9.17) is 9.47 Å². The topological polar surface area (TPSA) is 151 Å². The Labute approximate surface area is 251 Å². The third-order valence-electron chi connectivity index (χ3n) is 6.32. The van der Waals surface area contributed by atoms with Gasteiger partial charge in [0.1, 0.15) is 23.0 Å². The Balaban J connectivity index is 1.15. The average molecular weight is 589 g/mol. The highest BCUT2D eigenvalue weighted by Gasteiger charge is 2.17. The standard InChI is InChI=1S/C34H24N2O8/c37-31(27-5-1-3-7-29(27)33(39)40)35-21-9-13-23(14-10-21)43-25-17-19-26(20-18-25)44-24-15-11-22(12-16-24)36-32(38)28-6-2-4-8-30(28)34(41)42/h1-20H,(H,35,37)(H,36,38)(H,39,40)(H,41,42). The van der Waals surface area contributed by atoms with Crippen molar-refractivity contribution >= 4 is 35.1 Å². The SMILES string of the molecule is O=C(O)c1ccccc1C(=O)Nc1ccc(Oc2ccc(Oc3ccc(NC(=O)c4ccccc4C(=O)O)cc3)cc2)cc1. The fourth-order valence-corrected chi connectivity index (χ4v) is 4.19. The fraction of sp³-hybridized carbons (Fsp3) is 0. The van der Waals surface area contributed by atoms with Gasteiger partial charge < -0.3 is 30.3 Å². The van der Waals surface area contributed by atoms with Gasteiger partial charge >= 0.3 is 11.9 Å². The van der Waals surface area contributed by atoms with Gasteiger partial charge in [-0.15, -0.1) is 0 Å². The first kappa shape index (κ1) is 29.1. The summed E-state index contributed by atoms with van der Waals surface area (Å²) in [4.78, 5) is 47.9. The number of benzene rings is 5. The molecule has 0 fully saturated rings. The summed E-state index contributed by atoms with van der Waals surface area (Å²) in [5.74, 6) is -1.30. The molecule has 0 aromatic heterocycles. The van der Waals surface area contributed by atoms with E-state index in [0.717, 1.165) is 0 Å². The molecule has 44 heavy (non-hydrogen) atoms. The van der Waals surface area contributed by atoms with Gasteiger partial charge in [-0.1, -0.05) is 24.3 Å². The first-order chi connectivity index (χ1) is 21.3. The number of rotatable bonds is 10. The van der Waals surface area contributed by atoms with Crippen LogP contribution in [-0.4, -0.2) is 34.0 Å². The van der Waals surface area contributed by atoms with Crippen molar-refractivity contribution in [3.63, 3.8) is 0 Å². The molecule has 4 N–H and O–H groups in total. The van der Waals surface area contributed by atoms with Gasteiger partial charge in [0.25, 0.3) is 11.8 Å². The second-order valence-corrected chi connectivity index (χ2v) is 9.33. The van der Waals surface area contributed by atoms with Crippen LogP contribution in [0.15, 0.2) is 121 Å². The van der Waals surface area contributed by atoms with Gasteiger partial charge in [0.2, 0.25) is 0 Å². The molecule has 5 aromatic carbocycles. The zero-order chi connectivity index (χ0) is 31.1. The van der Waals surface area contributed by atoms with Gasteiger partial charge in [0.05, 0.1) is 22.3 Å². The summed E-state index contributed by atoms with van der Waals surface area (Å²) in [6.07, 6.45) is 0. The summed E-state index contributed by atoms with van der Waals surface area (Å²) in [6, 6.07) is 32.1. The van der Waals surface area contributed by atoms with Crippen molar-refractivity contribution < 1.29 is 38.9 Å².